The van der Waals surface area contributed by atoms with E-state index in [0.717, 1.165) is 33.8 Å². The summed E-state index contributed by atoms with van der Waals surface area (Å²) in [6.45, 7) is 0.515. The second-order valence-electron chi connectivity index (χ2n) is 10.1. The van der Waals surface area contributed by atoms with Gasteiger partial charge in [0.1, 0.15) is 23.7 Å². The number of nitrogens with zero attached hydrogens (tertiary/aromatic N) is 1. The molecule has 5 rings (SSSR count). The van der Waals surface area contributed by atoms with Crippen molar-refractivity contribution in [2.75, 3.05) is 27.4 Å². The van der Waals surface area contributed by atoms with Gasteiger partial charge in [0.05, 0.1) is 39.5 Å². The number of carbonyl (C=O) groups is 1. The van der Waals surface area contributed by atoms with Gasteiger partial charge in [0.25, 0.3) is 0 Å². The second kappa shape index (κ2) is 12.9. The van der Waals surface area contributed by atoms with Crippen LogP contribution in [0.3, 0.4) is 0 Å². The SMILES string of the molecule is COc1ccc(C(OC[C@@H]2C[C@@H](O)CN2C(=O)OCc2ccccc2)(c2ccccc2)c2ccc(OC)cc2)cc1. The number of amides is 1. The first-order valence-corrected chi connectivity index (χ1v) is 13.7. The lowest BCUT2D eigenvalue weighted by atomic mass is 9.80. The Morgan fingerprint density at radius 2 is 1.29 bits per heavy atom. The average molecular weight is 554 g/mol. The van der Waals surface area contributed by atoms with Crippen molar-refractivity contribution >= 4 is 6.09 Å². The molecule has 1 saturated heterocycles. The summed E-state index contributed by atoms with van der Waals surface area (Å²) in [5.74, 6) is 1.47. The molecule has 4 aromatic rings. The molecule has 0 radical (unpaired) electrons. The minimum Gasteiger partial charge on any atom is -0.497 e. The predicted molar refractivity (Wildman–Crippen MR) is 156 cm³/mol. The first kappa shape index (κ1) is 28.2. The van der Waals surface area contributed by atoms with E-state index in [1.54, 1.807) is 19.1 Å². The number of β-amino-alcohol motifs (C(OH)–C–C–N with tert-alkyl or cyclic N) is 1. The van der Waals surface area contributed by atoms with E-state index in [4.69, 9.17) is 18.9 Å². The maximum atomic E-state index is 13.2. The van der Waals surface area contributed by atoms with Gasteiger partial charge in [-0.2, -0.15) is 0 Å². The van der Waals surface area contributed by atoms with Gasteiger partial charge in [-0.05, 0) is 52.9 Å². The Balaban J connectivity index is 1.48. The maximum Gasteiger partial charge on any atom is 0.410 e. The molecule has 7 heteroatoms. The molecule has 4 aromatic carbocycles. The number of hydrogen-bond donors (Lipinski definition) is 1. The highest BCUT2D eigenvalue weighted by molar-refractivity contribution is 5.68. The van der Waals surface area contributed by atoms with Crippen molar-refractivity contribution in [3.05, 3.63) is 131 Å². The van der Waals surface area contributed by atoms with E-state index in [9.17, 15) is 9.90 Å². The van der Waals surface area contributed by atoms with Crippen molar-refractivity contribution in [3.63, 3.8) is 0 Å². The molecule has 0 saturated carbocycles. The van der Waals surface area contributed by atoms with Crippen LogP contribution in [0.5, 0.6) is 11.5 Å². The molecule has 7 nitrogen and oxygen atoms in total. The van der Waals surface area contributed by atoms with Crippen LogP contribution in [0.2, 0.25) is 0 Å². The minimum absolute atomic E-state index is 0.158. The Labute approximate surface area is 240 Å². The molecule has 1 fully saturated rings. The zero-order valence-electron chi connectivity index (χ0n) is 23.3. The van der Waals surface area contributed by atoms with Crippen LogP contribution in [0.15, 0.2) is 109 Å². The highest BCUT2D eigenvalue weighted by Crippen LogP contribution is 2.42. The van der Waals surface area contributed by atoms with E-state index >= 15 is 0 Å². The lowest BCUT2D eigenvalue weighted by Crippen LogP contribution is -2.42. The van der Waals surface area contributed by atoms with Crippen molar-refractivity contribution in [3.8, 4) is 11.5 Å². The Kier molecular flexibility index (Phi) is 8.87. The molecule has 1 aliphatic rings. The molecule has 2 atom stereocenters. The van der Waals surface area contributed by atoms with Crippen molar-refractivity contribution in [1.82, 2.24) is 4.90 Å². The summed E-state index contributed by atoms with van der Waals surface area (Å²) in [7, 11) is 3.27. The molecule has 41 heavy (non-hydrogen) atoms. The molecular formula is C34H35NO6. The third-order valence-corrected chi connectivity index (χ3v) is 7.50. The Hall–Kier alpha value is -4.33. The molecule has 1 N–H and O–H groups in total. The summed E-state index contributed by atoms with van der Waals surface area (Å²) >= 11 is 0. The van der Waals surface area contributed by atoms with Gasteiger partial charge in [0.2, 0.25) is 0 Å². The topological polar surface area (TPSA) is 77.5 Å². The quantitative estimate of drug-likeness (QED) is 0.251. The number of carbonyl (C=O) groups excluding carboxylic acids is 1. The van der Waals surface area contributed by atoms with Crippen LogP contribution in [-0.4, -0.2) is 55.6 Å². The van der Waals surface area contributed by atoms with Gasteiger partial charge in [-0.15, -0.1) is 0 Å². The molecule has 0 unspecified atom stereocenters. The van der Waals surface area contributed by atoms with E-state index in [1.165, 1.54) is 0 Å². The largest absolute Gasteiger partial charge is 0.497 e. The smallest absolute Gasteiger partial charge is 0.410 e. The van der Waals surface area contributed by atoms with Gasteiger partial charge >= 0.3 is 6.09 Å². The normalized spacial score (nSPS) is 16.8. The molecule has 0 spiro atoms. The number of likely N-dealkylation sites (tertiary alicyclic amines) is 1. The monoisotopic (exact) mass is 553 g/mol. The summed E-state index contributed by atoms with van der Waals surface area (Å²) in [6.07, 6.45) is -0.754. The maximum absolute atomic E-state index is 13.2. The molecule has 1 aliphatic heterocycles. The average Bonchev–Trinajstić information content (AvgIpc) is 3.42. The Morgan fingerprint density at radius 1 is 0.780 bits per heavy atom. The van der Waals surface area contributed by atoms with Crippen molar-refractivity contribution < 1.29 is 28.8 Å². The molecule has 212 valence electrons. The molecule has 0 aromatic heterocycles. The van der Waals surface area contributed by atoms with E-state index in [0.29, 0.717) is 6.42 Å². The number of hydrogen-bond acceptors (Lipinski definition) is 6. The number of benzene rings is 4. The van der Waals surface area contributed by atoms with Crippen molar-refractivity contribution in [2.45, 2.75) is 30.8 Å². The molecule has 1 amide bonds. The Bertz CT molecular complexity index is 1350. The number of aliphatic hydroxyl groups is 1. The fraction of sp³-hybridized carbons (Fsp3) is 0.265. The highest BCUT2D eigenvalue weighted by atomic mass is 16.6. The van der Waals surface area contributed by atoms with Crippen LogP contribution in [0.1, 0.15) is 28.7 Å². The van der Waals surface area contributed by atoms with E-state index in [2.05, 4.69) is 0 Å². The lowest BCUT2D eigenvalue weighted by molar-refractivity contribution is -0.0163. The van der Waals surface area contributed by atoms with Crippen LogP contribution in [0.25, 0.3) is 0 Å². The second-order valence-corrected chi connectivity index (χ2v) is 10.1. The van der Waals surface area contributed by atoms with E-state index in [1.807, 2.05) is 109 Å². The summed E-state index contributed by atoms with van der Waals surface area (Å²) < 4.78 is 23.4. The number of ether oxygens (including phenoxy) is 4. The fourth-order valence-electron chi connectivity index (χ4n) is 5.37. The third kappa shape index (κ3) is 6.21. The summed E-state index contributed by atoms with van der Waals surface area (Å²) in [5, 5.41) is 10.6. The summed E-state index contributed by atoms with van der Waals surface area (Å²) in [5.41, 5.74) is 2.59. The summed E-state index contributed by atoms with van der Waals surface area (Å²) in [6, 6.07) is 34.7. The number of rotatable bonds is 10. The van der Waals surface area contributed by atoms with Crippen LogP contribution in [-0.2, 0) is 21.7 Å². The predicted octanol–water partition coefficient (Wildman–Crippen LogP) is 5.78. The number of methoxy groups -OCH3 is 2. The van der Waals surface area contributed by atoms with Gasteiger partial charge < -0.3 is 29.0 Å². The van der Waals surface area contributed by atoms with Crippen molar-refractivity contribution in [2.24, 2.45) is 0 Å². The first-order chi connectivity index (χ1) is 20.0. The van der Waals surface area contributed by atoms with E-state index < -0.39 is 17.8 Å². The molecule has 0 bridgehead atoms. The lowest BCUT2D eigenvalue weighted by Gasteiger charge is -2.37. The van der Waals surface area contributed by atoms with Crippen LogP contribution in [0, 0.1) is 0 Å². The van der Waals surface area contributed by atoms with Crippen molar-refractivity contribution in [1.29, 1.82) is 0 Å². The Morgan fingerprint density at radius 3 is 1.83 bits per heavy atom. The first-order valence-electron chi connectivity index (χ1n) is 13.7. The standard InChI is InChI=1S/C34H35NO6/c1-38-31-17-13-27(14-18-31)34(26-11-7-4-8-12-26,28-15-19-32(39-2)20-16-28)41-24-29-21-30(36)22-35(29)33(37)40-23-25-9-5-3-6-10-25/h3-20,29-30,36H,21-24H2,1-2H3/t29-,30+/m0/s1. The van der Waals surface area contributed by atoms with Gasteiger partial charge in [0.15, 0.2) is 0 Å². The zero-order chi connectivity index (χ0) is 28.7. The van der Waals surface area contributed by atoms with Crippen LogP contribution in [0.4, 0.5) is 4.79 Å². The molecule has 0 aliphatic carbocycles. The zero-order valence-corrected chi connectivity index (χ0v) is 23.3. The molecular weight excluding hydrogens is 518 g/mol. The van der Waals surface area contributed by atoms with Gasteiger partial charge in [-0.3, -0.25) is 0 Å². The van der Waals surface area contributed by atoms with Crippen LogP contribution < -0.4 is 9.47 Å². The highest BCUT2D eigenvalue weighted by Gasteiger charge is 2.42. The fourth-order valence-corrected chi connectivity index (χ4v) is 5.37. The molecule has 1 heterocycles. The van der Waals surface area contributed by atoms with Crippen LogP contribution >= 0.6 is 0 Å². The van der Waals surface area contributed by atoms with Gasteiger partial charge in [0, 0.05) is 0 Å². The minimum atomic E-state index is -1.02. The van der Waals surface area contributed by atoms with Gasteiger partial charge in [-0.1, -0.05) is 84.9 Å². The third-order valence-electron chi connectivity index (χ3n) is 7.50. The van der Waals surface area contributed by atoms with E-state index in [-0.39, 0.29) is 25.8 Å². The number of aliphatic hydroxyl groups excluding tert-OH is 1. The summed E-state index contributed by atoms with van der Waals surface area (Å²) in [4.78, 5) is 14.7. The van der Waals surface area contributed by atoms with Gasteiger partial charge in [-0.25, -0.2) is 4.79 Å².